The monoisotopic (exact) mass is 392 g/mol. The van der Waals surface area contributed by atoms with Crippen LogP contribution in [0.5, 0.6) is 5.75 Å². The number of anilines is 1. The number of nitrogens with zero attached hydrogens (tertiary/aromatic N) is 3. The molecule has 3 rings (SSSR count). The van der Waals surface area contributed by atoms with E-state index in [1.165, 1.54) is 35.9 Å². The first kappa shape index (κ1) is 19.2. The maximum Gasteiger partial charge on any atom is 0.275 e. The van der Waals surface area contributed by atoms with Gasteiger partial charge in [0, 0.05) is 25.0 Å². The van der Waals surface area contributed by atoms with Gasteiger partial charge in [-0.1, -0.05) is 0 Å². The topological polar surface area (TPSA) is 111 Å². The summed E-state index contributed by atoms with van der Waals surface area (Å²) in [5.74, 6) is -0.281. The van der Waals surface area contributed by atoms with Crippen LogP contribution >= 0.6 is 0 Å². The molecular formula is C17H20N4O5S. The molecule has 0 bridgehead atoms. The highest BCUT2D eigenvalue weighted by molar-refractivity contribution is 7.89. The SMILES string of the molecule is COc1ccc(NC(=O)c2cnc(C)cn2)cc1S(=O)(=O)N1CCOCC1. The summed E-state index contributed by atoms with van der Waals surface area (Å²) in [6.07, 6.45) is 2.84. The van der Waals surface area contributed by atoms with Crippen LogP contribution in [-0.2, 0) is 14.8 Å². The van der Waals surface area contributed by atoms with E-state index < -0.39 is 15.9 Å². The molecular weight excluding hydrogens is 372 g/mol. The van der Waals surface area contributed by atoms with Gasteiger partial charge in [0.05, 0.1) is 32.2 Å². The first-order chi connectivity index (χ1) is 12.9. The third kappa shape index (κ3) is 4.24. The number of hydrogen-bond donors (Lipinski definition) is 1. The fourth-order valence-electron chi connectivity index (χ4n) is 2.59. The second-order valence-corrected chi connectivity index (χ2v) is 7.79. The Labute approximate surface area is 157 Å². The molecule has 0 atom stereocenters. The van der Waals surface area contributed by atoms with Crippen molar-refractivity contribution in [3.05, 3.63) is 42.0 Å². The van der Waals surface area contributed by atoms with E-state index in [0.29, 0.717) is 24.6 Å². The molecule has 27 heavy (non-hydrogen) atoms. The number of hydrogen-bond acceptors (Lipinski definition) is 7. The molecule has 0 spiro atoms. The first-order valence-corrected chi connectivity index (χ1v) is 9.72. The third-order valence-electron chi connectivity index (χ3n) is 4.02. The van der Waals surface area contributed by atoms with Gasteiger partial charge in [-0.2, -0.15) is 4.31 Å². The molecule has 1 aromatic heterocycles. The molecule has 1 aliphatic rings. The van der Waals surface area contributed by atoms with Crippen molar-refractivity contribution in [3.8, 4) is 5.75 Å². The van der Waals surface area contributed by atoms with Crippen LogP contribution in [0.2, 0.25) is 0 Å². The summed E-state index contributed by atoms with van der Waals surface area (Å²) >= 11 is 0. The number of benzene rings is 1. The van der Waals surface area contributed by atoms with Gasteiger partial charge in [0.2, 0.25) is 10.0 Å². The maximum atomic E-state index is 13.0. The highest BCUT2D eigenvalue weighted by Crippen LogP contribution is 2.30. The number of sulfonamides is 1. The molecule has 1 N–H and O–H groups in total. The second-order valence-electron chi connectivity index (χ2n) is 5.88. The predicted molar refractivity (Wildman–Crippen MR) is 97.3 cm³/mol. The van der Waals surface area contributed by atoms with E-state index in [4.69, 9.17) is 9.47 Å². The van der Waals surface area contributed by atoms with Crippen LogP contribution in [0.15, 0.2) is 35.5 Å². The lowest BCUT2D eigenvalue weighted by Crippen LogP contribution is -2.40. The predicted octanol–water partition coefficient (Wildman–Crippen LogP) is 1.07. The number of rotatable bonds is 5. The van der Waals surface area contributed by atoms with Crippen LogP contribution in [0, 0.1) is 6.92 Å². The minimum atomic E-state index is -3.78. The average Bonchev–Trinajstić information content (AvgIpc) is 2.69. The van der Waals surface area contributed by atoms with Crippen molar-refractivity contribution in [2.75, 3.05) is 38.7 Å². The number of carbonyl (C=O) groups excluding carboxylic acids is 1. The molecule has 9 nitrogen and oxygen atoms in total. The smallest absolute Gasteiger partial charge is 0.275 e. The van der Waals surface area contributed by atoms with Gasteiger partial charge in [0.1, 0.15) is 16.3 Å². The molecule has 1 amide bonds. The van der Waals surface area contributed by atoms with Crippen LogP contribution < -0.4 is 10.1 Å². The number of morpholine rings is 1. The lowest BCUT2D eigenvalue weighted by molar-refractivity contribution is 0.0729. The maximum absolute atomic E-state index is 13.0. The average molecular weight is 392 g/mol. The molecule has 0 unspecified atom stereocenters. The zero-order valence-electron chi connectivity index (χ0n) is 15.0. The van der Waals surface area contributed by atoms with E-state index in [9.17, 15) is 13.2 Å². The van der Waals surface area contributed by atoms with Gasteiger partial charge in [-0.05, 0) is 25.1 Å². The number of aromatic nitrogens is 2. The highest BCUT2D eigenvalue weighted by atomic mass is 32.2. The van der Waals surface area contributed by atoms with Crippen molar-refractivity contribution in [3.63, 3.8) is 0 Å². The number of carbonyl (C=O) groups is 1. The van der Waals surface area contributed by atoms with E-state index in [2.05, 4.69) is 15.3 Å². The quantitative estimate of drug-likeness (QED) is 0.810. The van der Waals surface area contributed by atoms with E-state index in [0.717, 1.165) is 0 Å². The Balaban J connectivity index is 1.89. The summed E-state index contributed by atoms with van der Waals surface area (Å²) in [5, 5.41) is 2.64. The lowest BCUT2D eigenvalue weighted by atomic mass is 10.3. The molecule has 144 valence electrons. The van der Waals surface area contributed by atoms with Crippen LogP contribution in [0.1, 0.15) is 16.2 Å². The molecule has 0 saturated carbocycles. The third-order valence-corrected chi connectivity index (χ3v) is 5.94. The van der Waals surface area contributed by atoms with Crippen LogP contribution in [0.25, 0.3) is 0 Å². The van der Waals surface area contributed by atoms with Gasteiger partial charge in [0.25, 0.3) is 5.91 Å². The molecule has 1 aromatic carbocycles. The summed E-state index contributed by atoms with van der Waals surface area (Å²) in [7, 11) is -2.39. The molecule has 2 aromatic rings. The van der Waals surface area contributed by atoms with Gasteiger partial charge >= 0.3 is 0 Å². The van der Waals surface area contributed by atoms with E-state index in [1.54, 1.807) is 13.0 Å². The zero-order valence-corrected chi connectivity index (χ0v) is 15.8. The van der Waals surface area contributed by atoms with Crippen LogP contribution in [-0.4, -0.2) is 62.0 Å². The second kappa shape index (κ2) is 7.99. The van der Waals surface area contributed by atoms with Crippen molar-refractivity contribution >= 4 is 21.6 Å². The van der Waals surface area contributed by atoms with Crippen LogP contribution in [0.4, 0.5) is 5.69 Å². The van der Waals surface area contributed by atoms with Crippen molar-refractivity contribution < 1.29 is 22.7 Å². The first-order valence-electron chi connectivity index (χ1n) is 8.28. The minimum Gasteiger partial charge on any atom is -0.495 e. The van der Waals surface area contributed by atoms with Gasteiger partial charge in [-0.15, -0.1) is 0 Å². The number of nitrogens with one attached hydrogen (secondary N) is 1. The number of amides is 1. The minimum absolute atomic E-state index is 0.0142. The normalized spacial score (nSPS) is 15.3. The van der Waals surface area contributed by atoms with Crippen molar-refractivity contribution in [2.45, 2.75) is 11.8 Å². The molecule has 1 saturated heterocycles. The Morgan fingerprint density at radius 3 is 2.59 bits per heavy atom. The highest BCUT2D eigenvalue weighted by Gasteiger charge is 2.29. The van der Waals surface area contributed by atoms with Crippen molar-refractivity contribution in [1.82, 2.24) is 14.3 Å². The largest absolute Gasteiger partial charge is 0.495 e. The fourth-order valence-corrected chi connectivity index (χ4v) is 4.18. The number of ether oxygens (including phenoxy) is 2. The summed E-state index contributed by atoms with van der Waals surface area (Å²) in [6, 6.07) is 4.45. The standard InChI is InChI=1S/C17H20N4O5S/c1-12-10-19-14(11-18-12)17(22)20-13-3-4-15(25-2)16(9-13)27(23,24)21-5-7-26-8-6-21/h3-4,9-11H,5-8H2,1-2H3,(H,20,22). The molecule has 2 heterocycles. The van der Waals surface area contributed by atoms with Gasteiger partial charge in [0.15, 0.2) is 0 Å². The Morgan fingerprint density at radius 2 is 1.96 bits per heavy atom. The van der Waals surface area contributed by atoms with Gasteiger partial charge < -0.3 is 14.8 Å². The summed E-state index contributed by atoms with van der Waals surface area (Å²) in [4.78, 5) is 20.3. The summed E-state index contributed by atoms with van der Waals surface area (Å²) in [6.45, 7) is 2.97. The van der Waals surface area contributed by atoms with E-state index in [1.807, 2.05) is 0 Å². The summed E-state index contributed by atoms with van der Waals surface area (Å²) in [5.41, 5.74) is 1.14. The summed E-state index contributed by atoms with van der Waals surface area (Å²) < 4.78 is 37.7. The fraction of sp³-hybridized carbons (Fsp3) is 0.353. The van der Waals surface area contributed by atoms with E-state index in [-0.39, 0.29) is 29.4 Å². The molecule has 10 heteroatoms. The van der Waals surface area contributed by atoms with Crippen molar-refractivity contribution in [1.29, 1.82) is 0 Å². The number of methoxy groups -OCH3 is 1. The molecule has 0 radical (unpaired) electrons. The van der Waals surface area contributed by atoms with Gasteiger partial charge in [-0.25, -0.2) is 13.4 Å². The zero-order chi connectivity index (χ0) is 19.4. The Morgan fingerprint density at radius 1 is 1.22 bits per heavy atom. The molecule has 1 aliphatic heterocycles. The molecule has 0 aliphatic carbocycles. The van der Waals surface area contributed by atoms with Crippen LogP contribution in [0.3, 0.4) is 0 Å². The Bertz CT molecular complexity index is 925. The number of aryl methyl sites for hydroxylation is 1. The van der Waals surface area contributed by atoms with Gasteiger partial charge in [-0.3, -0.25) is 9.78 Å². The molecule has 1 fully saturated rings. The Hall–Kier alpha value is -2.56. The Kier molecular flexibility index (Phi) is 5.68. The van der Waals surface area contributed by atoms with Crippen molar-refractivity contribution in [2.24, 2.45) is 0 Å². The lowest BCUT2D eigenvalue weighted by Gasteiger charge is -2.26. The van der Waals surface area contributed by atoms with E-state index >= 15 is 0 Å².